The highest BCUT2D eigenvalue weighted by Crippen LogP contribution is 2.34. The Morgan fingerprint density at radius 2 is 1.77 bits per heavy atom. The molecule has 3 rings (SSSR count). The fourth-order valence-corrected chi connectivity index (χ4v) is 4.48. The number of rotatable bonds is 3. The molecule has 1 aromatic rings. The molecule has 0 aromatic heterocycles. The summed E-state index contributed by atoms with van der Waals surface area (Å²) in [5.74, 6) is 0. The first-order valence-electron chi connectivity index (χ1n) is 8.61. The topological polar surface area (TPSA) is 32.5 Å². The van der Waals surface area contributed by atoms with Gasteiger partial charge in [-0.3, -0.25) is 4.90 Å². The molecule has 4 heteroatoms. The maximum atomic E-state index is 6.19. The van der Waals surface area contributed by atoms with Gasteiger partial charge >= 0.3 is 0 Å². The van der Waals surface area contributed by atoms with Crippen LogP contribution in [0.25, 0.3) is 0 Å². The second-order valence-electron chi connectivity index (χ2n) is 6.89. The minimum Gasteiger partial charge on any atom is -0.369 e. The lowest BCUT2D eigenvalue weighted by Gasteiger charge is -2.50. The van der Waals surface area contributed by atoms with Crippen molar-refractivity contribution < 1.29 is 0 Å². The molecular weight excluding hydrogens is 294 g/mol. The smallest absolute Gasteiger partial charge is 0.0410 e. The molecule has 0 spiro atoms. The summed E-state index contributed by atoms with van der Waals surface area (Å²) in [4.78, 5) is 5.17. The van der Waals surface area contributed by atoms with Crippen molar-refractivity contribution in [3.63, 3.8) is 0 Å². The first kappa shape index (κ1) is 16.1. The summed E-state index contributed by atoms with van der Waals surface area (Å²) < 4.78 is 0. The van der Waals surface area contributed by atoms with Crippen LogP contribution < -0.4 is 10.6 Å². The Morgan fingerprint density at radius 3 is 2.36 bits per heavy atom. The Labute approximate surface area is 139 Å². The highest BCUT2D eigenvalue weighted by Gasteiger charge is 2.38. The molecule has 0 bridgehead atoms. The van der Waals surface area contributed by atoms with Crippen molar-refractivity contribution in [3.8, 4) is 0 Å². The third-order valence-corrected chi connectivity index (χ3v) is 5.85. The van der Waals surface area contributed by atoms with E-state index in [4.69, 9.17) is 17.3 Å². The molecule has 1 aliphatic heterocycles. The number of aryl methyl sites for hydroxylation is 1. The lowest BCUT2D eigenvalue weighted by Crippen LogP contribution is -2.61. The van der Waals surface area contributed by atoms with Crippen molar-refractivity contribution in [1.29, 1.82) is 0 Å². The van der Waals surface area contributed by atoms with Crippen LogP contribution in [0.5, 0.6) is 0 Å². The van der Waals surface area contributed by atoms with Gasteiger partial charge in [-0.15, -0.1) is 0 Å². The summed E-state index contributed by atoms with van der Waals surface area (Å²) in [6.07, 6.45) is 6.63. The summed E-state index contributed by atoms with van der Waals surface area (Å²) in [5, 5.41) is 0.823. The first-order valence-corrected chi connectivity index (χ1v) is 8.99. The summed E-state index contributed by atoms with van der Waals surface area (Å²) >= 11 is 6.08. The molecule has 0 amide bonds. The van der Waals surface area contributed by atoms with Crippen LogP contribution in [0.4, 0.5) is 5.69 Å². The average Bonchev–Trinajstić information content (AvgIpc) is 2.56. The lowest BCUT2D eigenvalue weighted by atomic mass is 9.80. The van der Waals surface area contributed by atoms with E-state index in [1.165, 1.54) is 43.4 Å². The van der Waals surface area contributed by atoms with Gasteiger partial charge in [0.2, 0.25) is 0 Å². The van der Waals surface area contributed by atoms with Crippen LogP contribution in [-0.2, 0) is 0 Å². The summed E-state index contributed by atoms with van der Waals surface area (Å²) in [5.41, 5.74) is 9.06. The minimum absolute atomic E-state index is 0.277. The van der Waals surface area contributed by atoms with Gasteiger partial charge < -0.3 is 10.6 Å². The maximum Gasteiger partial charge on any atom is 0.0410 e. The molecule has 1 heterocycles. The molecule has 2 fully saturated rings. The molecular formula is C18H28ClN3. The zero-order valence-corrected chi connectivity index (χ0v) is 14.4. The van der Waals surface area contributed by atoms with Gasteiger partial charge in [-0.25, -0.2) is 0 Å². The molecule has 122 valence electrons. The molecule has 1 saturated carbocycles. The van der Waals surface area contributed by atoms with Crippen LogP contribution >= 0.6 is 11.6 Å². The second-order valence-corrected chi connectivity index (χ2v) is 7.33. The Hall–Kier alpha value is -0.770. The van der Waals surface area contributed by atoms with Crippen molar-refractivity contribution in [2.75, 3.05) is 37.6 Å². The molecule has 0 radical (unpaired) electrons. The zero-order chi connectivity index (χ0) is 15.6. The van der Waals surface area contributed by atoms with Crippen LogP contribution in [-0.4, -0.2) is 43.2 Å². The van der Waals surface area contributed by atoms with Gasteiger partial charge in [-0.2, -0.15) is 0 Å². The number of hydrogen-bond acceptors (Lipinski definition) is 3. The summed E-state index contributed by atoms with van der Waals surface area (Å²) in [6, 6.07) is 6.22. The van der Waals surface area contributed by atoms with E-state index in [9.17, 15) is 0 Å². The predicted octanol–water partition coefficient (Wildman–Crippen LogP) is 3.43. The number of nitrogens with two attached hydrogens (primary N) is 1. The third-order valence-electron chi connectivity index (χ3n) is 5.61. The van der Waals surface area contributed by atoms with Crippen LogP contribution in [0.1, 0.15) is 37.7 Å². The second kappa shape index (κ2) is 6.77. The van der Waals surface area contributed by atoms with Crippen LogP contribution in [0.2, 0.25) is 5.02 Å². The van der Waals surface area contributed by atoms with Gasteiger partial charge in [0.15, 0.2) is 0 Å². The minimum atomic E-state index is 0.277. The summed E-state index contributed by atoms with van der Waals surface area (Å²) in [6.45, 7) is 7.38. The molecule has 0 atom stereocenters. The van der Waals surface area contributed by atoms with Crippen molar-refractivity contribution in [3.05, 3.63) is 28.8 Å². The van der Waals surface area contributed by atoms with Gasteiger partial charge in [-0.05, 0) is 43.5 Å². The predicted molar refractivity (Wildman–Crippen MR) is 94.8 cm³/mol. The Morgan fingerprint density at radius 1 is 1.09 bits per heavy atom. The van der Waals surface area contributed by atoms with Crippen molar-refractivity contribution >= 4 is 17.3 Å². The van der Waals surface area contributed by atoms with E-state index < -0.39 is 0 Å². The third kappa shape index (κ3) is 3.12. The van der Waals surface area contributed by atoms with E-state index in [-0.39, 0.29) is 5.54 Å². The van der Waals surface area contributed by atoms with Crippen molar-refractivity contribution in [1.82, 2.24) is 4.90 Å². The van der Waals surface area contributed by atoms with Crippen molar-refractivity contribution in [2.24, 2.45) is 5.73 Å². The Bertz CT molecular complexity index is 503. The van der Waals surface area contributed by atoms with E-state index in [0.29, 0.717) is 0 Å². The molecule has 2 N–H and O–H groups in total. The number of anilines is 1. The standard InChI is InChI=1S/C18H28ClN3/c1-15-13-16(19)5-6-17(15)21-9-11-22(12-10-21)18(14-20)7-3-2-4-8-18/h5-6,13H,2-4,7-12,14,20H2,1H3. The molecule has 1 aliphatic carbocycles. The largest absolute Gasteiger partial charge is 0.369 e. The fraction of sp³-hybridized carbons (Fsp3) is 0.667. The van der Waals surface area contributed by atoms with Crippen molar-refractivity contribution in [2.45, 2.75) is 44.6 Å². The number of nitrogens with zero attached hydrogens (tertiary/aromatic N) is 2. The molecule has 0 unspecified atom stereocenters. The van der Waals surface area contributed by atoms with E-state index in [1.807, 2.05) is 6.07 Å². The monoisotopic (exact) mass is 321 g/mol. The molecule has 1 saturated heterocycles. The van der Waals surface area contributed by atoms with E-state index in [1.54, 1.807) is 0 Å². The van der Waals surface area contributed by atoms with Gasteiger partial charge in [-0.1, -0.05) is 30.9 Å². The number of benzene rings is 1. The quantitative estimate of drug-likeness (QED) is 0.925. The lowest BCUT2D eigenvalue weighted by molar-refractivity contribution is 0.0518. The average molecular weight is 322 g/mol. The molecule has 3 nitrogen and oxygen atoms in total. The number of halogens is 1. The Balaban J connectivity index is 1.67. The normalized spacial score (nSPS) is 22.8. The first-order chi connectivity index (χ1) is 10.6. The van der Waals surface area contributed by atoms with Gasteiger partial charge in [0.1, 0.15) is 0 Å². The SMILES string of the molecule is Cc1cc(Cl)ccc1N1CCN(C2(CN)CCCCC2)CC1. The summed E-state index contributed by atoms with van der Waals surface area (Å²) in [7, 11) is 0. The zero-order valence-electron chi connectivity index (χ0n) is 13.7. The highest BCUT2D eigenvalue weighted by molar-refractivity contribution is 6.30. The van der Waals surface area contributed by atoms with Gasteiger partial charge in [0.05, 0.1) is 0 Å². The number of hydrogen-bond donors (Lipinski definition) is 1. The fourth-order valence-electron chi connectivity index (χ4n) is 4.25. The van der Waals surface area contributed by atoms with Gasteiger partial charge in [0.25, 0.3) is 0 Å². The van der Waals surface area contributed by atoms with E-state index in [0.717, 1.165) is 37.7 Å². The van der Waals surface area contributed by atoms with Crippen LogP contribution in [0.3, 0.4) is 0 Å². The van der Waals surface area contributed by atoms with E-state index in [2.05, 4.69) is 28.9 Å². The number of piperazine rings is 1. The molecule has 22 heavy (non-hydrogen) atoms. The Kier molecular flexibility index (Phi) is 4.96. The molecule has 2 aliphatic rings. The van der Waals surface area contributed by atoms with Crippen LogP contribution in [0.15, 0.2) is 18.2 Å². The van der Waals surface area contributed by atoms with Gasteiger partial charge in [0, 0.05) is 49.0 Å². The molecule has 1 aromatic carbocycles. The maximum absolute atomic E-state index is 6.19. The highest BCUT2D eigenvalue weighted by atomic mass is 35.5. The van der Waals surface area contributed by atoms with E-state index >= 15 is 0 Å². The van der Waals surface area contributed by atoms with Crippen LogP contribution in [0, 0.1) is 6.92 Å².